The van der Waals surface area contributed by atoms with Crippen molar-refractivity contribution >= 4 is 16.8 Å². The van der Waals surface area contributed by atoms with Crippen LogP contribution in [0.15, 0.2) is 53.5 Å². The summed E-state index contributed by atoms with van der Waals surface area (Å²) in [6.07, 6.45) is 3.68. The molecule has 3 rings (SSSR count). The topological polar surface area (TPSA) is 68.9 Å². The molecule has 0 spiro atoms. The number of benzene rings is 1. The lowest BCUT2D eigenvalue weighted by Crippen LogP contribution is -2.30. The van der Waals surface area contributed by atoms with Gasteiger partial charge in [-0.3, -0.25) is 9.59 Å². The smallest absolute Gasteiger partial charge is 0.271 e. The van der Waals surface area contributed by atoms with E-state index in [0.29, 0.717) is 13.1 Å². The van der Waals surface area contributed by atoms with Gasteiger partial charge in [-0.1, -0.05) is 25.1 Å². The first kappa shape index (κ1) is 17.0. The predicted molar refractivity (Wildman–Crippen MR) is 97.7 cm³/mol. The monoisotopic (exact) mass is 338 g/mol. The van der Waals surface area contributed by atoms with Gasteiger partial charge in [0.2, 0.25) is 0 Å². The van der Waals surface area contributed by atoms with Crippen molar-refractivity contribution in [3.63, 3.8) is 0 Å². The number of hydrogen-bond acceptors (Lipinski definition) is 3. The molecule has 2 aromatic heterocycles. The Kier molecular flexibility index (Phi) is 5.28. The fraction of sp³-hybridized carbons (Fsp3) is 0.316. The molecule has 1 amide bonds. The summed E-state index contributed by atoms with van der Waals surface area (Å²) in [6.45, 7) is 3.86. The second kappa shape index (κ2) is 7.79. The average molecular weight is 338 g/mol. The summed E-state index contributed by atoms with van der Waals surface area (Å²) in [6, 6.07) is 13.2. The van der Waals surface area contributed by atoms with E-state index in [1.165, 1.54) is 27.7 Å². The average Bonchev–Trinajstić information content (AvgIpc) is 3.04. The van der Waals surface area contributed by atoms with Crippen LogP contribution in [0, 0.1) is 0 Å². The van der Waals surface area contributed by atoms with Crippen LogP contribution < -0.4 is 10.9 Å². The minimum atomic E-state index is -0.248. The number of nitrogens with one attached hydrogen (secondary N) is 1. The van der Waals surface area contributed by atoms with E-state index in [9.17, 15) is 9.59 Å². The van der Waals surface area contributed by atoms with Crippen LogP contribution in [-0.2, 0) is 13.1 Å². The van der Waals surface area contributed by atoms with Crippen LogP contribution in [0.4, 0.5) is 0 Å². The Hall–Kier alpha value is -2.89. The third-order valence-electron chi connectivity index (χ3n) is 4.08. The van der Waals surface area contributed by atoms with Gasteiger partial charge in [0.25, 0.3) is 11.5 Å². The van der Waals surface area contributed by atoms with Gasteiger partial charge in [0.1, 0.15) is 5.69 Å². The van der Waals surface area contributed by atoms with Crippen molar-refractivity contribution in [2.45, 2.75) is 32.9 Å². The second-order valence-corrected chi connectivity index (χ2v) is 5.96. The number of fused-ring (bicyclic) bond motifs is 1. The Labute approximate surface area is 146 Å². The first-order chi connectivity index (χ1) is 12.2. The van der Waals surface area contributed by atoms with Gasteiger partial charge in [0.05, 0.1) is 0 Å². The highest BCUT2D eigenvalue weighted by Gasteiger charge is 2.09. The predicted octanol–water partition coefficient (Wildman–Crippen LogP) is 2.43. The first-order valence-electron chi connectivity index (χ1n) is 8.59. The fourth-order valence-corrected chi connectivity index (χ4v) is 2.82. The fourth-order valence-electron chi connectivity index (χ4n) is 2.82. The highest BCUT2D eigenvalue weighted by Crippen LogP contribution is 2.15. The van der Waals surface area contributed by atoms with E-state index in [0.717, 1.165) is 19.4 Å². The molecule has 0 atom stereocenters. The first-order valence-corrected chi connectivity index (χ1v) is 8.59. The van der Waals surface area contributed by atoms with E-state index in [-0.39, 0.29) is 17.2 Å². The summed E-state index contributed by atoms with van der Waals surface area (Å²) in [5.41, 5.74) is 1.29. The lowest BCUT2D eigenvalue weighted by atomic mass is 10.2. The molecule has 6 nitrogen and oxygen atoms in total. The molecular formula is C19H22N4O2. The number of aromatic nitrogens is 3. The second-order valence-electron chi connectivity index (χ2n) is 5.96. The van der Waals surface area contributed by atoms with Crippen LogP contribution in [0.2, 0.25) is 0 Å². The third kappa shape index (κ3) is 3.96. The Morgan fingerprint density at radius 1 is 1.12 bits per heavy atom. The Morgan fingerprint density at radius 2 is 1.96 bits per heavy atom. The summed E-state index contributed by atoms with van der Waals surface area (Å²) in [5, 5.41) is 8.20. The van der Waals surface area contributed by atoms with Gasteiger partial charge in [-0.2, -0.15) is 5.10 Å². The van der Waals surface area contributed by atoms with Crippen molar-refractivity contribution in [2.75, 3.05) is 6.54 Å². The molecule has 3 aromatic rings. The molecule has 0 unspecified atom stereocenters. The Balaban J connectivity index is 1.54. The van der Waals surface area contributed by atoms with Crippen molar-refractivity contribution in [3.8, 4) is 0 Å². The van der Waals surface area contributed by atoms with E-state index in [1.54, 1.807) is 0 Å². The summed E-state index contributed by atoms with van der Waals surface area (Å²) in [5.74, 6) is -0.248. The SMILES string of the molecule is CCCn1nc(C(=O)NCCCn2ccc3ccccc32)ccc1=O. The molecule has 1 N–H and O–H groups in total. The van der Waals surface area contributed by atoms with Gasteiger partial charge in [-0.05, 0) is 36.4 Å². The lowest BCUT2D eigenvalue weighted by Gasteiger charge is -2.08. The van der Waals surface area contributed by atoms with Gasteiger partial charge in [0.15, 0.2) is 0 Å². The van der Waals surface area contributed by atoms with Crippen molar-refractivity contribution in [3.05, 3.63) is 64.7 Å². The summed E-state index contributed by atoms with van der Waals surface area (Å²) in [7, 11) is 0. The van der Waals surface area contributed by atoms with E-state index >= 15 is 0 Å². The van der Waals surface area contributed by atoms with Crippen molar-refractivity contribution in [1.29, 1.82) is 0 Å². The molecular weight excluding hydrogens is 316 g/mol. The molecule has 0 saturated heterocycles. The molecule has 130 valence electrons. The molecule has 2 heterocycles. The number of nitrogens with zero attached hydrogens (tertiary/aromatic N) is 3. The number of rotatable bonds is 7. The van der Waals surface area contributed by atoms with Gasteiger partial charge < -0.3 is 9.88 Å². The molecule has 0 fully saturated rings. The maximum atomic E-state index is 12.2. The van der Waals surface area contributed by atoms with Gasteiger partial charge in [-0.25, -0.2) is 4.68 Å². The van der Waals surface area contributed by atoms with E-state index in [1.807, 2.05) is 19.1 Å². The highest BCUT2D eigenvalue weighted by molar-refractivity contribution is 5.91. The molecule has 25 heavy (non-hydrogen) atoms. The summed E-state index contributed by atoms with van der Waals surface area (Å²) >= 11 is 0. The minimum Gasteiger partial charge on any atom is -0.351 e. The number of carbonyl (C=O) groups is 1. The molecule has 0 radical (unpaired) electrons. The van der Waals surface area contributed by atoms with Crippen LogP contribution in [0.5, 0.6) is 0 Å². The van der Waals surface area contributed by atoms with E-state index in [4.69, 9.17) is 0 Å². The van der Waals surface area contributed by atoms with Crippen molar-refractivity contribution in [1.82, 2.24) is 19.7 Å². The summed E-state index contributed by atoms with van der Waals surface area (Å²) in [4.78, 5) is 23.8. The summed E-state index contributed by atoms with van der Waals surface area (Å²) < 4.78 is 3.52. The van der Waals surface area contributed by atoms with Crippen LogP contribution in [-0.4, -0.2) is 26.8 Å². The van der Waals surface area contributed by atoms with Crippen molar-refractivity contribution in [2.24, 2.45) is 0 Å². The molecule has 0 bridgehead atoms. The molecule has 0 aliphatic rings. The third-order valence-corrected chi connectivity index (χ3v) is 4.08. The number of carbonyl (C=O) groups excluding carboxylic acids is 1. The largest absolute Gasteiger partial charge is 0.351 e. The van der Waals surface area contributed by atoms with Gasteiger partial charge in [0, 0.05) is 37.4 Å². The number of amides is 1. The zero-order chi connectivity index (χ0) is 17.6. The minimum absolute atomic E-state index is 0.183. The molecule has 0 saturated carbocycles. The van der Waals surface area contributed by atoms with Crippen molar-refractivity contribution < 1.29 is 4.79 Å². The van der Waals surface area contributed by atoms with E-state index < -0.39 is 0 Å². The normalized spacial score (nSPS) is 10.9. The number of para-hydroxylation sites is 1. The quantitative estimate of drug-likeness (QED) is 0.673. The molecule has 0 aliphatic heterocycles. The molecule has 6 heteroatoms. The van der Waals surface area contributed by atoms with Gasteiger partial charge in [-0.15, -0.1) is 0 Å². The molecule has 1 aromatic carbocycles. The number of aryl methyl sites for hydroxylation is 2. The van der Waals surface area contributed by atoms with Gasteiger partial charge >= 0.3 is 0 Å². The molecule has 0 aliphatic carbocycles. The maximum absolute atomic E-state index is 12.2. The van der Waals surface area contributed by atoms with Crippen LogP contribution in [0.3, 0.4) is 0 Å². The highest BCUT2D eigenvalue weighted by atomic mass is 16.2. The Bertz CT molecular complexity index is 926. The number of hydrogen-bond donors (Lipinski definition) is 1. The zero-order valence-electron chi connectivity index (χ0n) is 14.3. The Morgan fingerprint density at radius 3 is 2.80 bits per heavy atom. The standard InChI is InChI=1S/C19H22N4O2/c1-2-12-23-18(24)9-8-16(21-23)19(25)20-11-5-13-22-14-10-15-6-3-4-7-17(15)22/h3-4,6-10,14H,2,5,11-13H2,1H3,(H,20,25). The zero-order valence-corrected chi connectivity index (χ0v) is 14.3. The maximum Gasteiger partial charge on any atom is 0.271 e. The van der Waals surface area contributed by atoms with E-state index in [2.05, 4.69) is 39.4 Å². The van der Waals surface area contributed by atoms with Crippen LogP contribution >= 0.6 is 0 Å². The van der Waals surface area contributed by atoms with Crippen LogP contribution in [0.1, 0.15) is 30.3 Å². The lowest BCUT2D eigenvalue weighted by molar-refractivity contribution is 0.0945. The van der Waals surface area contributed by atoms with Crippen LogP contribution in [0.25, 0.3) is 10.9 Å².